The zero-order chi connectivity index (χ0) is 18.3. The van der Waals surface area contributed by atoms with E-state index >= 15 is 0 Å². The summed E-state index contributed by atoms with van der Waals surface area (Å²) in [4.78, 5) is 9.90. The molecule has 0 aromatic heterocycles. The van der Waals surface area contributed by atoms with Gasteiger partial charge in [-0.25, -0.2) is 0 Å². The molecule has 5 nitrogen and oxygen atoms in total. The summed E-state index contributed by atoms with van der Waals surface area (Å²) in [6, 6.07) is 0.499. The number of piperazine rings is 1. The molecule has 0 aromatic carbocycles. The molecule has 1 rings (SSSR count). The molecule has 1 saturated heterocycles. The monoisotopic (exact) mass is 481 g/mol. The highest BCUT2D eigenvalue weighted by atomic mass is 127. The van der Waals surface area contributed by atoms with E-state index in [-0.39, 0.29) is 24.0 Å². The van der Waals surface area contributed by atoms with E-state index in [2.05, 4.69) is 48.1 Å². The molecule has 1 aliphatic rings. The smallest absolute Gasteiger partial charge is 0.191 e. The first-order chi connectivity index (χ1) is 12.2. The molecule has 1 aliphatic heterocycles. The van der Waals surface area contributed by atoms with E-state index in [0.29, 0.717) is 6.04 Å². The van der Waals surface area contributed by atoms with Crippen molar-refractivity contribution >= 4 is 29.9 Å². The van der Waals surface area contributed by atoms with Gasteiger partial charge in [0.15, 0.2) is 5.96 Å². The maximum Gasteiger partial charge on any atom is 0.191 e. The van der Waals surface area contributed by atoms with Gasteiger partial charge in [-0.2, -0.15) is 0 Å². The average Bonchev–Trinajstić information content (AvgIpc) is 2.62. The van der Waals surface area contributed by atoms with Crippen molar-refractivity contribution in [1.29, 1.82) is 0 Å². The Morgan fingerprint density at radius 2 is 1.65 bits per heavy atom. The summed E-state index contributed by atoms with van der Waals surface area (Å²) in [5.74, 6) is 0.989. The normalized spacial score (nSPS) is 17.6. The maximum absolute atomic E-state index is 4.76. The fourth-order valence-corrected chi connectivity index (χ4v) is 3.29. The lowest BCUT2D eigenvalue weighted by Gasteiger charge is -2.33. The highest BCUT2D eigenvalue weighted by Gasteiger charge is 2.14. The van der Waals surface area contributed by atoms with Crippen LogP contribution in [-0.2, 0) is 0 Å². The van der Waals surface area contributed by atoms with Crippen LogP contribution in [0, 0.1) is 0 Å². The van der Waals surface area contributed by atoms with Crippen LogP contribution >= 0.6 is 24.0 Å². The first-order valence-electron chi connectivity index (χ1n) is 10.7. The fourth-order valence-electron chi connectivity index (χ4n) is 3.29. The van der Waals surface area contributed by atoms with Crippen LogP contribution in [0.4, 0.5) is 0 Å². The first kappa shape index (κ1) is 25.9. The SMILES string of the molecule is CCCCCC(C)NC(=NCCCCN1CCN(CC)CC1)NCC.I. The van der Waals surface area contributed by atoms with Crippen LogP contribution in [-0.4, -0.2) is 74.2 Å². The quantitative estimate of drug-likeness (QED) is 0.194. The second kappa shape index (κ2) is 17.0. The van der Waals surface area contributed by atoms with Gasteiger partial charge in [0.25, 0.3) is 0 Å². The molecule has 1 atom stereocenters. The van der Waals surface area contributed by atoms with Crippen LogP contribution in [0.2, 0.25) is 0 Å². The number of guanidine groups is 1. The Morgan fingerprint density at radius 1 is 0.962 bits per heavy atom. The Bertz CT molecular complexity index is 343. The molecule has 0 aliphatic carbocycles. The maximum atomic E-state index is 4.76. The highest BCUT2D eigenvalue weighted by molar-refractivity contribution is 14.0. The number of halogens is 1. The number of nitrogens with zero attached hydrogens (tertiary/aromatic N) is 3. The zero-order valence-electron chi connectivity index (χ0n) is 17.7. The minimum Gasteiger partial charge on any atom is -0.357 e. The fraction of sp³-hybridized carbons (Fsp3) is 0.950. The summed E-state index contributed by atoms with van der Waals surface area (Å²) in [5.41, 5.74) is 0. The molecule has 1 heterocycles. The van der Waals surface area contributed by atoms with Gasteiger partial charge in [0, 0.05) is 45.3 Å². The lowest BCUT2D eigenvalue weighted by atomic mass is 10.1. The Hall–Kier alpha value is -0.0800. The Balaban J connectivity index is 0.00000625. The lowest BCUT2D eigenvalue weighted by Crippen LogP contribution is -2.46. The Morgan fingerprint density at radius 3 is 2.27 bits per heavy atom. The third-order valence-electron chi connectivity index (χ3n) is 5.03. The van der Waals surface area contributed by atoms with E-state index in [1.807, 2.05) is 0 Å². The van der Waals surface area contributed by atoms with E-state index in [4.69, 9.17) is 4.99 Å². The van der Waals surface area contributed by atoms with Crippen molar-refractivity contribution in [3.8, 4) is 0 Å². The Labute approximate surface area is 179 Å². The van der Waals surface area contributed by atoms with Gasteiger partial charge in [-0.1, -0.05) is 33.1 Å². The molecule has 0 radical (unpaired) electrons. The van der Waals surface area contributed by atoms with Crippen molar-refractivity contribution in [1.82, 2.24) is 20.4 Å². The van der Waals surface area contributed by atoms with Gasteiger partial charge in [-0.05, 0) is 46.2 Å². The standard InChI is InChI=1S/C20H43N5.HI/c1-5-8-9-12-19(4)23-20(21-6-2)22-13-10-11-14-25-17-15-24(7-3)16-18-25;/h19H,5-18H2,1-4H3,(H2,21,22,23);1H. The van der Waals surface area contributed by atoms with E-state index in [1.54, 1.807) is 0 Å². The molecule has 0 amide bonds. The van der Waals surface area contributed by atoms with Crippen LogP contribution < -0.4 is 10.6 Å². The van der Waals surface area contributed by atoms with Crippen molar-refractivity contribution in [2.45, 2.75) is 72.3 Å². The van der Waals surface area contributed by atoms with Gasteiger partial charge in [-0.15, -0.1) is 24.0 Å². The summed E-state index contributed by atoms with van der Waals surface area (Å²) >= 11 is 0. The minimum atomic E-state index is 0. The van der Waals surface area contributed by atoms with E-state index in [1.165, 1.54) is 77.8 Å². The average molecular weight is 482 g/mol. The second-order valence-corrected chi connectivity index (χ2v) is 7.28. The number of likely N-dealkylation sites (N-methyl/N-ethyl adjacent to an activating group) is 1. The van der Waals surface area contributed by atoms with Crippen LogP contribution in [0.3, 0.4) is 0 Å². The highest BCUT2D eigenvalue weighted by Crippen LogP contribution is 2.04. The molecule has 1 fully saturated rings. The molecule has 0 aromatic rings. The van der Waals surface area contributed by atoms with E-state index in [9.17, 15) is 0 Å². The number of nitrogens with one attached hydrogen (secondary N) is 2. The van der Waals surface area contributed by atoms with Crippen LogP contribution in [0.25, 0.3) is 0 Å². The predicted molar refractivity (Wildman–Crippen MR) is 126 cm³/mol. The summed E-state index contributed by atoms with van der Waals surface area (Å²) in [5, 5.41) is 6.93. The number of rotatable bonds is 12. The van der Waals surface area contributed by atoms with Crippen molar-refractivity contribution in [3.05, 3.63) is 0 Å². The largest absolute Gasteiger partial charge is 0.357 e. The third kappa shape index (κ3) is 12.3. The van der Waals surface area contributed by atoms with Gasteiger partial charge in [0.1, 0.15) is 0 Å². The van der Waals surface area contributed by atoms with E-state index < -0.39 is 0 Å². The molecule has 0 bridgehead atoms. The van der Waals surface area contributed by atoms with Gasteiger partial charge >= 0.3 is 0 Å². The summed E-state index contributed by atoms with van der Waals surface area (Å²) < 4.78 is 0. The van der Waals surface area contributed by atoms with Crippen LogP contribution in [0.5, 0.6) is 0 Å². The topological polar surface area (TPSA) is 42.9 Å². The van der Waals surface area contributed by atoms with Crippen molar-refractivity contribution in [2.75, 3.05) is 52.4 Å². The molecular weight excluding hydrogens is 437 g/mol. The summed E-state index contributed by atoms with van der Waals surface area (Å²) in [6.45, 7) is 18.1. The molecule has 6 heteroatoms. The van der Waals surface area contributed by atoms with Gasteiger partial charge < -0.3 is 20.4 Å². The molecule has 0 saturated carbocycles. The second-order valence-electron chi connectivity index (χ2n) is 7.28. The molecule has 1 unspecified atom stereocenters. The molecule has 26 heavy (non-hydrogen) atoms. The number of aliphatic imine (C=N–C) groups is 1. The van der Waals surface area contributed by atoms with Crippen LogP contribution in [0.15, 0.2) is 4.99 Å². The number of unbranched alkanes of at least 4 members (excludes halogenated alkanes) is 3. The predicted octanol–water partition coefficient (Wildman–Crippen LogP) is 3.55. The minimum absolute atomic E-state index is 0. The molecule has 0 spiro atoms. The van der Waals surface area contributed by atoms with Crippen molar-refractivity contribution in [2.24, 2.45) is 4.99 Å². The first-order valence-corrected chi connectivity index (χ1v) is 10.7. The number of hydrogen-bond acceptors (Lipinski definition) is 3. The molecule has 156 valence electrons. The van der Waals surface area contributed by atoms with Crippen LogP contribution in [0.1, 0.15) is 66.2 Å². The lowest BCUT2D eigenvalue weighted by molar-refractivity contribution is 0.136. The summed E-state index contributed by atoms with van der Waals surface area (Å²) in [7, 11) is 0. The zero-order valence-corrected chi connectivity index (χ0v) is 20.1. The van der Waals surface area contributed by atoms with Crippen molar-refractivity contribution < 1.29 is 0 Å². The van der Waals surface area contributed by atoms with Gasteiger partial charge in [0.2, 0.25) is 0 Å². The van der Waals surface area contributed by atoms with Crippen molar-refractivity contribution in [3.63, 3.8) is 0 Å². The molecular formula is C20H44IN5. The third-order valence-corrected chi connectivity index (χ3v) is 5.03. The van der Waals surface area contributed by atoms with E-state index in [0.717, 1.165) is 19.0 Å². The van der Waals surface area contributed by atoms with Gasteiger partial charge in [-0.3, -0.25) is 4.99 Å². The molecule has 2 N–H and O–H groups in total. The Kier molecular flexibility index (Phi) is 17.0. The van der Waals surface area contributed by atoms with Gasteiger partial charge in [0.05, 0.1) is 0 Å². The number of hydrogen-bond donors (Lipinski definition) is 2. The summed E-state index contributed by atoms with van der Waals surface area (Å²) in [6.07, 6.45) is 7.56.